The molecule has 0 N–H and O–H groups in total. The minimum absolute atomic E-state index is 0.699. The van der Waals surface area contributed by atoms with Crippen molar-refractivity contribution in [2.24, 2.45) is 0 Å². The molecule has 3 heteroatoms. The van der Waals surface area contributed by atoms with Gasteiger partial charge in [0.25, 0.3) is 0 Å². The van der Waals surface area contributed by atoms with E-state index in [2.05, 4.69) is 52.1 Å². The number of ether oxygens (including phenoxy) is 1. The fourth-order valence-corrected chi connectivity index (χ4v) is 2.09. The normalized spacial score (nSPS) is 10.7. The number of benzene rings is 2. The van der Waals surface area contributed by atoms with Crippen LogP contribution in [0, 0.1) is 0 Å². The lowest BCUT2D eigenvalue weighted by Gasteiger charge is -2.17. The summed E-state index contributed by atoms with van der Waals surface area (Å²) in [6.45, 7) is 2.56. The van der Waals surface area contributed by atoms with Gasteiger partial charge in [0, 0.05) is 17.6 Å². The van der Waals surface area contributed by atoms with Crippen molar-refractivity contribution in [2.45, 2.75) is 6.54 Å². The molecule has 100 valence electrons. The van der Waals surface area contributed by atoms with E-state index in [0.717, 1.165) is 23.3 Å². The Kier molecular flexibility index (Phi) is 5.43. The first kappa shape index (κ1) is 14.1. The van der Waals surface area contributed by atoms with Crippen LogP contribution in [0.2, 0.25) is 0 Å². The van der Waals surface area contributed by atoms with Crippen LogP contribution in [0.5, 0.6) is 5.75 Å². The summed E-state index contributed by atoms with van der Waals surface area (Å²) < 4.78 is 6.78. The van der Waals surface area contributed by atoms with Gasteiger partial charge in [-0.3, -0.25) is 4.90 Å². The number of halogens is 1. The molecule has 2 nitrogen and oxygen atoms in total. The maximum absolute atomic E-state index is 5.71. The van der Waals surface area contributed by atoms with E-state index in [4.69, 9.17) is 4.74 Å². The Bertz CT molecular complexity index is 484. The van der Waals surface area contributed by atoms with E-state index >= 15 is 0 Å². The number of hydrogen-bond donors (Lipinski definition) is 0. The second-order valence-corrected chi connectivity index (χ2v) is 5.44. The Balaban J connectivity index is 1.72. The predicted molar refractivity (Wildman–Crippen MR) is 82.4 cm³/mol. The average molecular weight is 320 g/mol. The Morgan fingerprint density at radius 2 is 1.68 bits per heavy atom. The summed E-state index contributed by atoms with van der Waals surface area (Å²) in [6, 6.07) is 18.4. The number of nitrogens with zero attached hydrogens (tertiary/aromatic N) is 1. The summed E-state index contributed by atoms with van der Waals surface area (Å²) >= 11 is 3.41. The third-order valence-electron chi connectivity index (χ3n) is 2.85. The third kappa shape index (κ3) is 5.05. The largest absolute Gasteiger partial charge is 0.492 e. The molecule has 0 saturated carbocycles. The molecule has 0 aliphatic carbocycles. The monoisotopic (exact) mass is 319 g/mol. The molecular formula is C16H18BrNO. The summed E-state index contributed by atoms with van der Waals surface area (Å²) in [5.41, 5.74) is 1.33. The second kappa shape index (κ2) is 7.31. The lowest BCUT2D eigenvalue weighted by Crippen LogP contribution is -2.23. The highest BCUT2D eigenvalue weighted by Crippen LogP contribution is 2.15. The lowest BCUT2D eigenvalue weighted by molar-refractivity contribution is 0.233. The molecule has 0 fully saturated rings. The SMILES string of the molecule is CN(CCOc1ccc(Br)cc1)Cc1ccccc1. The maximum Gasteiger partial charge on any atom is 0.119 e. The van der Waals surface area contributed by atoms with Crippen LogP contribution in [0.1, 0.15) is 5.56 Å². The van der Waals surface area contributed by atoms with E-state index in [1.807, 2.05) is 30.3 Å². The van der Waals surface area contributed by atoms with Gasteiger partial charge in [-0.15, -0.1) is 0 Å². The van der Waals surface area contributed by atoms with Crippen LogP contribution in [0.3, 0.4) is 0 Å². The molecule has 0 radical (unpaired) electrons. The Hall–Kier alpha value is -1.32. The van der Waals surface area contributed by atoms with E-state index in [9.17, 15) is 0 Å². The van der Waals surface area contributed by atoms with Crippen LogP contribution in [-0.2, 0) is 6.54 Å². The van der Waals surface area contributed by atoms with Gasteiger partial charge < -0.3 is 4.74 Å². The molecule has 0 bridgehead atoms. The first-order valence-electron chi connectivity index (χ1n) is 6.35. The van der Waals surface area contributed by atoms with Gasteiger partial charge in [-0.25, -0.2) is 0 Å². The average Bonchev–Trinajstić information content (AvgIpc) is 2.42. The standard InChI is InChI=1S/C16H18BrNO/c1-18(13-14-5-3-2-4-6-14)11-12-19-16-9-7-15(17)8-10-16/h2-10H,11-13H2,1H3. The molecule has 0 aliphatic heterocycles. The molecule has 2 rings (SSSR count). The molecule has 0 atom stereocenters. The van der Waals surface area contributed by atoms with E-state index in [1.54, 1.807) is 0 Å². The van der Waals surface area contributed by atoms with Crippen molar-refractivity contribution in [3.63, 3.8) is 0 Å². The fourth-order valence-electron chi connectivity index (χ4n) is 1.82. The second-order valence-electron chi connectivity index (χ2n) is 4.53. The van der Waals surface area contributed by atoms with Crippen molar-refractivity contribution in [1.29, 1.82) is 0 Å². The van der Waals surface area contributed by atoms with Crippen LogP contribution in [0.25, 0.3) is 0 Å². The fraction of sp³-hybridized carbons (Fsp3) is 0.250. The number of hydrogen-bond acceptors (Lipinski definition) is 2. The minimum Gasteiger partial charge on any atom is -0.492 e. The Morgan fingerprint density at radius 1 is 1.00 bits per heavy atom. The van der Waals surface area contributed by atoms with Crippen LogP contribution < -0.4 is 4.74 Å². The lowest BCUT2D eigenvalue weighted by atomic mass is 10.2. The van der Waals surface area contributed by atoms with Gasteiger partial charge in [0.15, 0.2) is 0 Å². The topological polar surface area (TPSA) is 12.5 Å². The molecule has 0 unspecified atom stereocenters. The molecule has 2 aromatic carbocycles. The molecule has 0 aliphatic rings. The highest BCUT2D eigenvalue weighted by atomic mass is 79.9. The van der Waals surface area contributed by atoms with Crippen molar-refractivity contribution >= 4 is 15.9 Å². The number of likely N-dealkylation sites (N-methyl/N-ethyl adjacent to an activating group) is 1. The molecular weight excluding hydrogens is 302 g/mol. The highest BCUT2D eigenvalue weighted by molar-refractivity contribution is 9.10. The molecule has 0 saturated heterocycles. The Labute approximate surface area is 123 Å². The van der Waals surface area contributed by atoms with Crippen LogP contribution in [-0.4, -0.2) is 25.1 Å². The molecule has 0 heterocycles. The minimum atomic E-state index is 0.699. The summed E-state index contributed by atoms with van der Waals surface area (Å²) in [5, 5.41) is 0. The van der Waals surface area contributed by atoms with Crippen LogP contribution in [0.4, 0.5) is 0 Å². The van der Waals surface area contributed by atoms with Gasteiger partial charge in [0.1, 0.15) is 12.4 Å². The van der Waals surface area contributed by atoms with Gasteiger partial charge in [0.05, 0.1) is 0 Å². The summed E-state index contributed by atoms with van der Waals surface area (Å²) in [5.74, 6) is 0.913. The van der Waals surface area contributed by atoms with Gasteiger partial charge in [-0.2, -0.15) is 0 Å². The first-order chi connectivity index (χ1) is 9.24. The summed E-state index contributed by atoms with van der Waals surface area (Å²) in [6.07, 6.45) is 0. The van der Waals surface area contributed by atoms with Crippen molar-refractivity contribution in [3.8, 4) is 5.75 Å². The van der Waals surface area contributed by atoms with Crippen LogP contribution >= 0.6 is 15.9 Å². The third-order valence-corrected chi connectivity index (χ3v) is 3.38. The molecule has 0 aromatic heterocycles. The van der Waals surface area contributed by atoms with E-state index in [-0.39, 0.29) is 0 Å². The zero-order valence-electron chi connectivity index (χ0n) is 11.1. The van der Waals surface area contributed by atoms with E-state index < -0.39 is 0 Å². The van der Waals surface area contributed by atoms with Gasteiger partial charge in [-0.05, 0) is 36.9 Å². The van der Waals surface area contributed by atoms with Crippen molar-refractivity contribution in [2.75, 3.05) is 20.2 Å². The molecule has 2 aromatic rings. The first-order valence-corrected chi connectivity index (χ1v) is 7.14. The zero-order valence-corrected chi connectivity index (χ0v) is 12.6. The van der Waals surface area contributed by atoms with Gasteiger partial charge >= 0.3 is 0 Å². The van der Waals surface area contributed by atoms with E-state index in [1.165, 1.54) is 5.56 Å². The quantitative estimate of drug-likeness (QED) is 0.799. The van der Waals surface area contributed by atoms with E-state index in [0.29, 0.717) is 6.61 Å². The van der Waals surface area contributed by atoms with Crippen LogP contribution in [0.15, 0.2) is 59.1 Å². The van der Waals surface area contributed by atoms with Crippen molar-refractivity contribution < 1.29 is 4.74 Å². The predicted octanol–water partition coefficient (Wildman–Crippen LogP) is 3.96. The molecule has 19 heavy (non-hydrogen) atoms. The smallest absolute Gasteiger partial charge is 0.119 e. The highest BCUT2D eigenvalue weighted by Gasteiger charge is 2.00. The van der Waals surface area contributed by atoms with Crippen molar-refractivity contribution in [3.05, 3.63) is 64.6 Å². The van der Waals surface area contributed by atoms with Gasteiger partial charge in [-0.1, -0.05) is 46.3 Å². The molecule has 0 spiro atoms. The maximum atomic E-state index is 5.71. The zero-order chi connectivity index (χ0) is 13.5. The number of rotatable bonds is 6. The van der Waals surface area contributed by atoms with Gasteiger partial charge in [0.2, 0.25) is 0 Å². The Morgan fingerprint density at radius 3 is 2.37 bits per heavy atom. The van der Waals surface area contributed by atoms with Crippen molar-refractivity contribution in [1.82, 2.24) is 4.90 Å². The molecule has 0 amide bonds. The summed E-state index contributed by atoms with van der Waals surface area (Å²) in [4.78, 5) is 2.26. The summed E-state index contributed by atoms with van der Waals surface area (Å²) in [7, 11) is 2.11.